The van der Waals surface area contributed by atoms with Crippen LogP contribution in [0.25, 0.3) is 0 Å². The summed E-state index contributed by atoms with van der Waals surface area (Å²) in [6.45, 7) is 2.32. The predicted octanol–water partition coefficient (Wildman–Crippen LogP) is 2.72. The van der Waals surface area contributed by atoms with Crippen molar-refractivity contribution in [3.63, 3.8) is 0 Å². The van der Waals surface area contributed by atoms with Gasteiger partial charge in [0.15, 0.2) is 0 Å². The molecule has 1 aromatic carbocycles. The van der Waals surface area contributed by atoms with Gasteiger partial charge in [-0.2, -0.15) is 0 Å². The Kier molecular flexibility index (Phi) is 5.97. The van der Waals surface area contributed by atoms with Crippen LogP contribution in [0.4, 0.5) is 0 Å². The zero-order valence-corrected chi connectivity index (χ0v) is 13.5. The van der Waals surface area contributed by atoms with Gasteiger partial charge in [0, 0.05) is 19.4 Å². The molecule has 0 atom stereocenters. The Morgan fingerprint density at radius 1 is 1.17 bits per heavy atom. The summed E-state index contributed by atoms with van der Waals surface area (Å²) in [6.07, 6.45) is 2.38. The minimum Gasteiger partial charge on any atom is -0.469 e. The lowest BCUT2D eigenvalue weighted by Crippen LogP contribution is -2.36. The van der Waals surface area contributed by atoms with E-state index in [1.807, 2.05) is 37.3 Å². The summed E-state index contributed by atoms with van der Waals surface area (Å²) in [4.78, 5) is 25.6. The maximum Gasteiger partial charge on any atom is 0.325 e. The van der Waals surface area contributed by atoms with Gasteiger partial charge in [-0.1, -0.05) is 24.3 Å². The van der Waals surface area contributed by atoms with Gasteiger partial charge in [-0.05, 0) is 30.2 Å². The van der Waals surface area contributed by atoms with E-state index in [2.05, 4.69) is 0 Å². The normalized spacial score (nSPS) is 10.3. The summed E-state index contributed by atoms with van der Waals surface area (Å²) in [5.74, 6) is 0.229. The topological polar surface area (TPSA) is 59.8 Å². The smallest absolute Gasteiger partial charge is 0.325 e. The fourth-order valence-corrected chi connectivity index (χ4v) is 2.29. The number of amides is 1. The number of hydrogen-bond acceptors (Lipinski definition) is 4. The van der Waals surface area contributed by atoms with Crippen molar-refractivity contribution in [3.8, 4) is 0 Å². The molecule has 0 N–H and O–H groups in total. The van der Waals surface area contributed by atoms with Crippen molar-refractivity contribution in [2.45, 2.75) is 26.3 Å². The van der Waals surface area contributed by atoms with Crippen LogP contribution in [0.1, 0.15) is 23.3 Å². The fraction of sp³-hybridized carbons (Fsp3) is 0.333. The Balaban J connectivity index is 2.05. The number of ether oxygens (including phenoxy) is 1. The van der Waals surface area contributed by atoms with E-state index < -0.39 is 5.97 Å². The molecule has 0 unspecified atom stereocenters. The van der Waals surface area contributed by atoms with Crippen LogP contribution in [0.15, 0.2) is 47.1 Å². The van der Waals surface area contributed by atoms with Crippen LogP contribution >= 0.6 is 0 Å². The lowest BCUT2D eigenvalue weighted by atomic mass is 10.1. The molecule has 5 heteroatoms. The number of furan rings is 1. The van der Waals surface area contributed by atoms with E-state index in [4.69, 9.17) is 9.15 Å². The molecule has 5 nitrogen and oxygen atoms in total. The number of esters is 1. The fourth-order valence-electron chi connectivity index (χ4n) is 2.29. The number of methoxy groups -OCH3 is 1. The number of aryl methyl sites for hydroxylation is 2. The first-order valence-electron chi connectivity index (χ1n) is 7.51. The summed E-state index contributed by atoms with van der Waals surface area (Å²) in [6, 6.07) is 11.4. The van der Waals surface area contributed by atoms with Gasteiger partial charge in [0.25, 0.3) is 0 Å². The Morgan fingerprint density at radius 2 is 1.96 bits per heavy atom. The van der Waals surface area contributed by atoms with Gasteiger partial charge in [0.05, 0.1) is 13.4 Å². The van der Waals surface area contributed by atoms with Gasteiger partial charge >= 0.3 is 5.97 Å². The van der Waals surface area contributed by atoms with Crippen molar-refractivity contribution in [2.24, 2.45) is 0 Å². The molecule has 0 aliphatic carbocycles. The zero-order chi connectivity index (χ0) is 16.7. The van der Waals surface area contributed by atoms with Crippen LogP contribution in [-0.2, 0) is 27.3 Å². The molecule has 23 heavy (non-hydrogen) atoms. The third-order valence-corrected chi connectivity index (χ3v) is 3.69. The maximum atomic E-state index is 12.5. The van der Waals surface area contributed by atoms with Crippen molar-refractivity contribution in [1.29, 1.82) is 0 Å². The molecule has 0 aliphatic rings. The molecule has 0 saturated heterocycles. The third kappa shape index (κ3) is 4.98. The highest BCUT2D eigenvalue weighted by Crippen LogP contribution is 2.13. The Labute approximate surface area is 135 Å². The van der Waals surface area contributed by atoms with Crippen LogP contribution in [0, 0.1) is 6.92 Å². The highest BCUT2D eigenvalue weighted by atomic mass is 16.5. The summed E-state index contributed by atoms with van der Waals surface area (Å²) in [5.41, 5.74) is 2.10. The molecule has 0 bridgehead atoms. The van der Waals surface area contributed by atoms with Crippen molar-refractivity contribution in [2.75, 3.05) is 13.7 Å². The first kappa shape index (κ1) is 16.8. The number of carbonyl (C=O) groups is 2. The molecule has 2 aromatic rings. The van der Waals surface area contributed by atoms with Crippen molar-refractivity contribution in [3.05, 3.63) is 59.5 Å². The molecule has 0 saturated carbocycles. The molecular weight excluding hydrogens is 294 g/mol. The van der Waals surface area contributed by atoms with Crippen molar-refractivity contribution >= 4 is 11.9 Å². The highest BCUT2D eigenvalue weighted by molar-refractivity contribution is 5.82. The number of hydrogen-bond donors (Lipinski definition) is 0. The molecule has 2 rings (SSSR count). The third-order valence-electron chi connectivity index (χ3n) is 3.69. The van der Waals surface area contributed by atoms with Crippen LogP contribution in [0.5, 0.6) is 0 Å². The second-order valence-electron chi connectivity index (χ2n) is 5.33. The molecule has 1 amide bonds. The Morgan fingerprint density at radius 3 is 2.61 bits per heavy atom. The SMILES string of the molecule is COC(=O)CN(Cc1ccccc1C)C(=O)CCc1ccco1. The minimum atomic E-state index is -0.426. The van der Waals surface area contributed by atoms with Crippen LogP contribution in [-0.4, -0.2) is 30.4 Å². The predicted molar refractivity (Wildman–Crippen MR) is 85.6 cm³/mol. The monoisotopic (exact) mass is 315 g/mol. The van der Waals surface area contributed by atoms with Gasteiger partial charge in [-0.3, -0.25) is 9.59 Å². The number of benzene rings is 1. The average molecular weight is 315 g/mol. The van der Waals surface area contributed by atoms with Crippen LogP contribution < -0.4 is 0 Å². The van der Waals surface area contributed by atoms with E-state index in [-0.39, 0.29) is 18.9 Å². The first-order valence-corrected chi connectivity index (χ1v) is 7.51. The van der Waals surface area contributed by atoms with E-state index in [1.165, 1.54) is 12.0 Å². The van der Waals surface area contributed by atoms with Gasteiger partial charge in [0.2, 0.25) is 5.91 Å². The highest BCUT2D eigenvalue weighted by Gasteiger charge is 2.19. The van der Waals surface area contributed by atoms with Crippen LogP contribution in [0.3, 0.4) is 0 Å². The molecule has 1 heterocycles. The molecule has 122 valence electrons. The number of rotatable bonds is 7. The number of nitrogens with zero attached hydrogens (tertiary/aromatic N) is 1. The first-order chi connectivity index (χ1) is 11.1. The van der Waals surface area contributed by atoms with Crippen molar-refractivity contribution < 1.29 is 18.7 Å². The van der Waals surface area contributed by atoms with E-state index in [0.717, 1.165) is 16.9 Å². The second kappa shape index (κ2) is 8.17. The summed E-state index contributed by atoms with van der Waals surface area (Å²) in [7, 11) is 1.32. The Hall–Kier alpha value is -2.56. The van der Waals surface area contributed by atoms with Gasteiger partial charge in [0.1, 0.15) is 12.3 Å². The van der Waals surface area contributed by atoms with E-state index in [0.29, 0.717) is 13.0 Å². The zero-order valence-electron chi connectivity index (χ0n) is 13.5. The second-order valence-corrected chi connectivity index (χ2v) is 5.33. The van der Waals surface area contributed by atoms with Gasteiger partial charge in [-0.25, -0.2) is 0 Å². The average Bonchev–Trinajstić information content (AvgIpc) is 3.07. The number of carbonyl (C=O) groups excluding carboxylic acids is 2. The van der Waals surface area contributed by atoms with E-state index in [9.17, 15) is 9.59 Å². The van der Waals surface area contributed by atoms with Gasteiger partial charge < -0.3 is 14.1 Å². The molecule has 1 aromatic heterocycles. The largest absolute Gasteiger partial charge is 0.469 e. The van der Waals surface area contributed by atoms with Gasteiger partial charge in [-0.15, -0.1) is 0 Å². The maximum absolute atomic E-state index is 12.5. The standard InChI is InChI=1S/C18H21NO4/c1-14-6-3-4-7-15(14)12-19(13-18(21)22-2)17(20)10-9-16-8-5-11-23-16/h3-8,11H,9-10,12-13H2,1-2H3. The van der Waals surface area contributed by atoms with E-state index >= 15 is 0 Å². The molecule has 0 radical (unpaired) electrons. The summed E-state index contributed by atoms with van der Waals surface area (Å²) < 4.78 is 9.94. The lowest BCUT2D eigenvalue weighted by Gasteiger charge is -2.22. The molecule has 0 spiro atoms. The van der Waals surface area contributed by atoms with Crippen LogP contribution in [0.2, 0.25) is 0 Å². The van der Waals surface area contributed by atoms with Crippen molar-refractivity contribution in [1.82, 2.24) is 4.90 Å². The minimum absolute atomic E-state index is 0.0537. The summed E-state index contributed by atoms with van der Waals surface area (Å²) in [5, 5.41) is 0. The van der Waals surface area contributed by atoms with E-state index in [1.54, 1.807) is 12.3 Å². The summed E-state index contributed by atoms with van der Waals surface area (Å²) >= 11 is 0. The lowest BCUT2D eigenvalue weighted by molar-refractivity contribution is -0.147. The Bertz CT molecular complexity index is 649. The quantitative estimate of drug-likeness (QED) is 0.737. The molecule has 0 aliphatic heterocycles. The molecular formula is C18H21NO4. The molecule has 0 fully saturated rings.